The molecule has 1 aliphatic rings. The number of aliphatic hydroxyl groups excluding tert-OH is 2. The van der Waals surface area contributed by atoms with E-state index in [1.54, 1.807) is 18.2 Å². The first-order chi connectivity index (χ1) is 15.4. The van der Waals surface area contributed by atoms with E-state index in [9.17, 15) is 19.1 Å². The maximum absolute atomic E-state index is 13.4. The summed E-state index contributed by atoms with van der Waals surface area (Å²) in [5.41, 5.74) is 0.458. The number of Topliss-reactive ketones (excluding diaryl/α,β-unsaturated/α-hetero) is 1. The number of benzene rings is 2. The van der Waals surface area contributed by atoms with Crippen LogP contribution in [-0.4, -0.2) is 67.4 Å². The molecule has 1 aliphatic heterocycles. The van der Waals surface area contributed by atoms with Crippen LogP contribution in [0.5, 0.6) is 11.5 Å². The van der Waals surface area contributed by atoms with Crippen LogP contribution in [0.15, 0.2) is 48.0 Å². The summed E-state index contributed by atoms with van der Waals surface area (Å²) in [6.45, 7) is -0.0219. The summed E-state index contributed by atoms with van der Waals surface area (Å²) in [6, 6.07) is 8.86. The molecule has 2 aromatic carbocycles. The molecule has 1 fully saturated rings. The molecule has 170 valence electrons. The van der Waals surface area contributed by atoms with Gasteiger partial charge in [0.2, 0.25) is 0 Å². The number of amides is 1. The molecule has 32 heavy (non-hydrogen) atoms. The molecule has 1 unspecified atom stereocenters. The number of carbonyl (C=O) groups is 2. The summed E-state index contributed by atoms with van der Waals surface area (Å²) in [5.74, 6) is -1.81. The molecule has 8 nitrogen and oxygen atoms in total. The quantitative estimate of drug-likeness (QED) is 0.264. The molecule has 0 bridgehead atoms. The predicted octanol–water partition coefficient (Wildman–Crippen LogP) is 2.27. The molecular formula is C23H24FNO7. The highest BCUT2D eigenvalue weighted by molar-refractivity contribution is 6.46. The first-order valence-corrected chi connectivity index (χ1v) is 9.87. The van der Waals surface area contributed by atoms with E-state index in [2.05, 4.69) is 0 Å². The summed E-state index contributed by atoms with van der Waals surface area (Å²) < 4.78 is 29.4. The van der Waals surface area contributed by atoms with Crippen LogP contribution in [0.4, 0.5) is 4.39 Å². The van der Waals surface area contributed by atoms with Crippen molar-refractivity contribution in [3.8, 4) is 11.5 Å². The minimum absolute atomic E-state index is 0.0236. The number of hydrogen-bond acceptors (Lipinski definition) is 7. The van der Waals surface area contributed by atoms with Crippen molar-refractivity contribution < 1.29 is 38.4 Å². The fourth-order valence-electron chi connectivity index (χ4n) is 3.58. The van der Waals surface area contributed by atoms with Gasteiger partial charge in [0.1, 0.15) is 23.1 Å². The second kappa shape index (κ2) is 10.3. The molecule has 2 aromatic rings. The lowest BCUT2D eigenvalue weighted by molar-refractivity contribution is -0.140. The monoisotopic (exact) mass is 445 g/mol. The van der Waals surface area contributed by atoms with Crippen LogP contribution < -0.4 is 9.47 Å². The lowest BCUT2D eigenvalue weighted by Crippen LogP contribution is -2.33. The molecule has 1 atom stereocenters. The van der Waals surface area contributed by atoms with Gasteiger partial charge in [-0.1, -0.05) is 0 Å². The van der Waals surface area contributed by atoms with E-state index in [1.165, 1.54) is 31.3 Å². The van der Waals surface area contributed by atoms with Crippen molar-refractivity contribution in [2.24, 2.45) is 0 Å². The van der Waals surface area contributed by atoms with Crippen LogP contribution >= 0.6 is 0 Å². The Labute approximate surface area is 184 Å². The number of likely N-dealkylation sites (tertiary alicyclic amines) is 1. The van der Waals surface area contributed by atoms with Crippen LogP contribution in [0.1, 0.15) is 17.2 Å². The number of aliphatic hydroxyl groups is 2. The first kappa shape index (κ1) is 23.2. The zero-order chi connectivity index (χ0) is 23.3. The van der Waals surface area contributed by atoms with Crippen LogP contribution in [-0.2, 0) is 14.3 Å². The maximum Gasteiger partial charge on any atom is 0.295 e. The molecule has 0 aliphatic carbocycles. The third kappa shape index (κ3) is 4.58. The topological polar surface area (TPSA) is 106 Å². The summed E-state index contributed by atoms with van der Waals surface area (Å²) in [6.07, 6.45) is 0. The molecule has 0 saturated carbocycles. The van der Waals surface area contributed by atoms with E-state index in [0.29, 0.717) is 17.1 Å². The van der Waals surface area contributed by atoms with Gasteiger partial charge in [0.05, 0.1) is 45.7 Å². The second-order valence-corrected chi connectivity index (χ2v) is 6.94. The van der Waals surface area contributed by atoms with E-state index in [-0.39, 0.29) is 37.5 Å². The Kier molecular flexibility index (Phi) is 7.45. The Hall–Kier alpha value is -3.43. The number of hydrogen-bond donors (Lipinski definition) is 2. The molecule has 1 heterocycles. The standard InChI is InChI=1S/C23H24FNO7/c1-30-16-7-8-18(31-2)17(13-16)20-19(21(27)14-3-5-15(24)6-4-14)22(28)23(29)25(20)9-11-32-12-10-26/h3-8,13,20,26-27H,9-12H2,1-2H3/b21-19+. The molecular weight excluding hydrogens is 421 g/mol. The molecule has 1 saturated heterocycles. The van der Waals surface area contributed by atoms with Crippen molar-refractivity contribution in [2.45, 2.75) is 6.04 Å². The van der Waals surface area contributed by atoms with Crippen LogP contribution in [0.3, 0.4) is 0 Å². The molecule has 1 amide bonds. The molecule has 9 heteroatoms. The van der Waals surface area contributed by atoms with Gasteiger partial charge in [0.15, 0.2) is 0 Å². The van der Waals surface area contributed by atoms with E-state index in [4.69, 9.17) is 19.3 Å². The Balaban J connectivity index is 2.16. The average molecular weight is 445 g/mol. The first-order valence-electron chi connectivity index (χ1n) is 9.87. The van der Waals surface area contributed by atoms with Crippen molar-refractivity contribution >= 4 is 17.4 Å². The number of ether oxygens (including phenoxy) is 3. The van der Waals surface area contributed by atoms with Crippen LogP contribution in [0, 0.1) is 5.82 Å². The fraction of sp³-hybridized carbons (Fsp3) is 0.304. The Morgan fingerprint density at radius 2 is 1.78 bits per heavy atom. The summed E-state index contributed by atoms with van der Waals surface area (Å²) in [5, 5.41) is 19.9. The van der Waals surface area contributed by atoms with Gasteiger partial charge >= 0.3 is 0 Å². The van der Waals surface area contributed by atoms with Gasteiger partial charge in [-0.15, -0.1) is 0 Å². The van der Waals surface area contributed by atoms with E-state index >= 15 is 0 Å². The third-order valence-corrected chi connectivity index (χ3v) is 5.10. The minimum Gasteiger partial charge on any atom is -0.507 e. The molecule has 3 rings (SSSR count). The van der Waals surface area contributed by atoms with Crippen molar-refractivity contribution in [3.63, 3.8) is 0 Å². The largest absolute Gasteiger partial charge is 0.507 e. The second-order valence-electron chi connectivity index (χ2n) is 6.94. The van der Waals surface area contributed by atoms with Gasteiger partial charge in [-0.2, -0.15) is 0 Å². The smallest absolute Gasteiger partial charge is 0.295 e. The third-order valence-electron chi connectivity index (χ3n) is 5.10. The zero-order valence-corrected chi connectivity index (χ0v) is 17.7. The number of halogens is 1. The van der Waals surface area contributed by atoms with Crippen molar-refractivity contribution in [2.75, 3.05) is 40.6 Å². The molecule has 0 radical (unpaired) electrons. The number of nitrogens with zero attached hydrogens (tertiary/aromatic N) is 1. The van der Waals surface area contributed by atoms with Gasteiger partial charge in [-0.05, 0) is 42.5 Å². The van der Waals surface area contributed by atoms with Crippen molar-refractivity contribution in [1.82, 2.24) is 4.90 Å². The zero-order valence-electron chi connectivity index (χ0n) is 17.7. The number of rotatable bonds is 9. The maximum atomic E-state index is 13.4. The molecule has 0 spiro atoms. The minimum atomic E-state index is -0.997. The summed E-state index contributed by atoms with van der Waals surface area (Å²) >= 11 is 0. The van der Waals surface area contributed by atoms with Gasteiger partial charge < -0.3 is 29.3 Å². The predicted molar refractivity (Wildman–Crippen MR) is 113 cm³/mol. The lowest BCUT2D eigenvalue weighted by Gasteiger charge is -2.26. The van der Waals surface area contributed by atoms with Crippen LogP contribution in [0.25, 0.3) is 5.76 Å². The molecule has 0 aromatic heterocycles. The number of ketones is 1. The normalized spacial score (nSPS) is 17.6. The summed E-state index contributed by atoms with van der Waals surface area (Å²) in [4.78, 5) is 27.2. The molecule has 2 N–H and O–H groups in total. The number of methoxy groups -OCH3 is 2. The number of carbonyl (C=O) groups excluding carboxylic acids is 2. The Morgan fingerprint density at radius 1 is 1.06 bits per heavy atom. The SMILES string of the molecule is COc1ccc(OC)c(C2/C(=C(\O)c3ccc(F)cc3)C(=O)C(=O)N2CCOCCO)c1. The highest BCUT2D eigenvalue weighted by Gasteiger charge is 2.47. The van der Waals surface area contributed by atoms with Gasteiger partial charge in [-0.25, -0.2) is 4.39 Å². The highest BCUT2D eigenvalue weighted by Crippen LogP contribution is 2.43. The van der Waals surface area contributed by atoms with Crippen LogP contribution in [0.2, 0.25) is 0 Å². The van der Waals surface area contributed by atoms with E-state index < -0.39 is 29.3 Å². The Bertz CT molecular complexity index is 1020. The van der Waals surface area contributed by atoms with Gasteiger partial charge in [0.25, 0.3) is 11.7 Å². The van der Waals surface area contributed by atoms with Gasteiger partial charge in [-0.3, -0.25) is 9.59 Å². The lowest BCUT2D eigenvalue weighted by atomic mass is 9.94. The fourth-order valence-corrected chi connectivity index (χ4v) is 3.58. The Morgan fingerprint density at radius 3 is 2.41 bits per heavy atom. The van der Waals surface area contributed by atoms with E-state index in [1.807, 2.05) is 0 Å². The van der Waals surface area contributed by atoms with Gasteiger partial charge in [0, 0.05) is 17.7 Å². The van der Waals surface area contributed by atoms with Crippen molar-refractivity contribution in [1.29, 1.82) is 0 Å². The highest BCUT2D eigenvalue weighted by atomic mass is 19.1. The van der Waals surface area contributed by atoms with E-state index in [0.717, 1.165) is 12.1 Å². The average Bonchev–Trinajstić information content (AvgIpc) is 3.06. The summed E-state index contributed by atoms with van der Waals surface area (Å²) in [7, 11) is 2.92. The van der Waals surface area contributed by atoms with Crippen molar-refractivity contribution in [3.05, 3.63) is 65.0 Å².